The molecule has 1 aromatic heterocycles. The Morgan fingerprint density at radius 1 is 1.48 bits per heavy atom. The third-order valence-corrected chi connectivity index (χ3v) is 3.34. The molecule has 0 aliphatic carbocycles. The van der Waals surface area contributed by atoms with Gasteiger partial charge in [-0.2, -0.15) is 0 Å². The van der Waals surface area contributed by atoms with Gasteiger partial charge in [-0.3, -0.25) is 25.5 Å². The zero-order valence-corrected chi connectivity index (χ0v) is 11.4. The Labute approximate surface area is 121 Å². The van der Waals surface area contributed by atoms with Gasteiger partial charge in [0.05, 0.1) is 11.5 Å². The number of anilines is 1. The van der Waals surface area contributed by atoms with E-state index in [0.29, 0.717) is 5.69 Å². The Morgan fingerprint density at radius 2 is 2.24 bits per heavy atom. The molecule has 0 spiro atoms. The zero-order valence-electron chi connectivity index (χ0n) is 10.6. The van der Waals surface area contributed by atoms with Crippen molar-refractivity contribution in [1.82, 2.24) is 10.3 Å². The summed E-state index contributed by atoms with van der Waals surface area (Å²) in [6.45, 7) is 0.127. The van der Waals surface area contributed by atoms with Crippen LogP contribution in [0.4, 0.5) is 11.4 Å². The van der Waals surface area contributed by atoms with Crippen molar-refractivity contribution in [2.75, 3.05) is 5.43 Å². The topological polar surface area (TPSA) is 143 Å². The van der Waals surface area contributed by atoms with Crippen LogP contribution in [0.3, 0.4) is 0 Å². The number of nitrogens with zero attached hydrogens (tertiary/aromatic N) is 1. The predicted octanol–water partition coefficient (Wildman–Crippen LogP) is 0.560. The largest absolute Gasteiger partial charge is 0.346 e. The van der Waals surface area contributed by atoms with Gasteiger partial charge in [0, 0.05) is 22.7 Å². The summed E-state index contributed by atoms with van der Waals surface area (Å²) in [4.78, 5) is 35.4. The van der Waals surface area contributed by atoms with Crippen LogP contribution in [-0.4, -0.2) is 15.8 Å². The van der Waals surface area contributed by atoms with Crippen LogP contribution in [0.1, 0.15) is 16.1 Å². The molecule has 2 rings (SSSR count). The summed E-state index contributed by atoms with van der Waals surface area (Å²) in [5.74, 6) is 4.67. The number of carbonyl (C=O) groups excluding carboxylic acids is 1. The van der Waals surface area contributed by atoms with Crippen molar-refractivity contribution in [1.29, 1.82) is 0 Å². The lowest BCUT2D eigenvalue weighted by molar-refractivity contribution is -0.384. The van der Waals surface area contributed by atoms with E-state index in [9.17, 15) is 19.7 Å². The van der Waals surface area contributed by atoms with Gasteiger partial charge in [-0.05, 0) is 12.1 Å². The second-order valence-corrected chi connectivity index (χ2v) is 4.83. The third kappa shape index (κ3) is 3.43. The van der Waals surface area contributed by atoms with Crippen molar-refractivity contribution in [3.8, 4) is 0 Å². The van der Waals surface area contributed by atoms with Crippen LogP contribution < -0.4 is 21.5 Å². The molecule has 1 heterocycles. The van der Waals surface area contributed by atoms with Gasteiger partial charge < -0.3 is 15.7 Å². The molecule has 1 amide bonds. The van der Waals surface area contributed by atoms with Crippen molar-refractivity contribution in [2.45, 2.75) is 6.54 Å². The molecule has 0 aliphatic heterocycles. The van der Waals surface area contributed by atoms with E-state index in [1.807, 2.05) is 0 Å². The minimum atomic E-state index is -0.637. The highest BCUT2D eigenvalue weighted by Crippen LogP contribution is 2.24. The molecule has 9 nitrogen and oxygen atoms in total. The molecule has 10 heteroatoms. The number of hydrogen-bond donors (Lipinski definition) is 4. The molecule has 110 valence electrons. The van der Waals surface area contributed by atoms with E-state index in [1.165, 1.54) is 12.1 Å². The Kier molecular flexibility index (Phi) is 4.30. The summed E-state index contributed by atoms with van der Waals surface area (Å²) >= 11 is 0.989. The number of benzene rings is 1. The number of hydrogen-bond acceptors (Lipinski definition) is 7. The lowest BCUT2D eigenvalue weighted by Gasteiger charge is -2.06. The van der Waals surface area contributed by atoms with Gasteiger partial charge in [-0.25, -0.2) is 0 Å². The minimum absolute atomic E-state index is 0.110. The average molecular weight is 309 g/mol. The van der Waals surface area contributed by atoms with E-state index in [0.717, 1.165) is 17.4 Å². The number of amides is 1. The fourth-order valence-corrected chi connectivity index (χ4v) is 2.21. The quantitative estimate of drug-likeness (QED) is 0.361. The Morgan fingerprint density at radius 3 is 2.81 bits per heavy atom. The molecule has 0 radical (unpaired) electrons. The van der Waals surface area contributed by atoms with Gasteiger partial charge in [0.2, 0.25) is 0 Å². The Balaban J connectivity index is 2.13. The molecule has 1 aromatic carbocycles. The second-order valence-electron chi connectivity index (χ2n) is 3.99. The number of aromatic nitrogens is 1. The summed E-state index contributed by atoms with van der Waals surface area (Å²) in [6.07, 6.45) is 0. The fraction of sp³-hybridized carbons (Fsp3) is 0.0909. The first-order chi connectivity index (χ1) is 10.0. The van der Waals surface area contributed by atoms with E-state index < -0.39 is 10.8 Å². The number of nitro benzene ring substituents is 1. The van der Waals surface area contributed by atoms with Crippen molar-refractivity contribution in [2.24, 2.45) is 5.84 Å². The van der Waals surface area contributed by atoms with Crippen LogP contribution in [-0.2, 0) is 6.54 Å². The van der Waals surface area contributed by atoms with E-state index >= 15 is 0 Å². The van der Waals surface area contributed by atoms with Gasteiger partial charge in [0.25, 0.3) is 11.6 Å². The molecule has 0 atom stereocenters. The summed E-state index contributed by atoms with van der Waals surface area (Å²) in [5, 5.41) is 15.0. The number of carbonyl (C=O) groups is 1. The SMILES string of the molecule is NNc1ccc(C(=O)NCc2csc(=O)[nH]2)cc1[N+](=O)[O-]. The highest BCUT2D eigenvalue weighted by molar-refractivity contribution is 7.07. The number of nitrogen functional groups attached to an aromatic ring is 1. The molecular formula is C11H11N5O4S. The number of hydrazine groups is 1. The molecular weight excluding hydrogens is 298 g/mol. The van der Waals surface area contributed by atoms with E-state index in [1.54, 1.807) is 5.38 Å². The van der Waals surface area contributed by atoms with Crippen molar-refractivity contribution < 1.29 is 9.72 Å². The maximum Gasteiger partial charge on any atom is 0.304 e. The number of H-pyrrole nitrogens is 1. The number of nitrogens with one attached hydrogen (secondary N) is 3. The maximum atomic E-state index is 11.9. The van der Waals surface area contributed by atoms with Gasteiger partial charge in [0.1, 0.15) is 5.69 Å². The minimum Gasteiger partial charge on any atom is -0.346 e. The maximum absolute atomic E-state index is 11.9. The van der Waals surface area contributed by atoms with Crippen LogP contribution in [0, 0.1) is 10.1 Å². The summed E-state index contributed by atoms with van der Waals surface area (Å²) in [6, 6.07) is 3.88. The van der Waals surface area contributed by atoms with Crippen molar-refractivity contribution in [3.63, 3.8) is 0 Å². The monoisotopic (exact) mass is 309 g/mol. The van der Waals surface area contributed by atoms with Gasteiger partial charge in [-0.1, -0.05) is 11.3 Å². The molecule has 5 N–H and O–H groups in total. The summed E-state index contributed by atoms with van der Waals surface area (Å²) < 4.78 is 0. The lowest BCUT2D eigenvalue weighted by Crippen LogP contribution is -2.23. The van der Waals surface area contributed by atoms with E-state index in [2.05, 4.69) is 15.7 Å². The Hall–Kier alpha value is -2.72. The normalized spacial score (nSPS) is 10.1. The molecule has 0 unspecified atom stereocenters. The molecule has 0 saturated carbocycles. The van der Waals surface area contributed by atoms with Gasteiger partial charge >= 0.3 is 4.87 Å². The van der Waals surface area contributed by atoms with Crippen LogP contribution in [0.25, 0.3) is 0 Å². The molecule has 0 saturated heterocycles. The highest BCUT2D eigenvalue weighted by atomic mass is 32.1. The fourth-order valence-electron chi connectivity index (χ4n) is 1.62. The number of aromatic amines is 1. The van der Waals surface area contributed by atoms with Crippen LogP contribution in [0.15, 0.2) is 28.4 Å². The van der Waals surface area contributed by atoms with Crippen molar-refractivity contribution >= 4 is 28.6 Å². The first-order valence-electron chi connectivity index (χ1n) is 5.71. The predicted molar refractivity (Wildman–Crippen MR) is 77.0 cm³/mol. The van der Waals surface area contributed by atoms with Gasteiger partial charge in [0.15, 0.2) is 0 Å². The Bertz CT molecular complexity index is 738. The molecule has 0 fully saturated rings. The second kappa shape index (κ2) is 6.15. The lowest BCUT2D eigenvalue weighted by atomic mass is 10.1. The number of rotatable bonds is 5. The summed E-state index contributed by atoms with van der Waals surface area (Å²) in [5.41, 5.74) is 2.69. The molecule has 21 heavy (non-hydrogen) atoms. The first kappa shape index (κ1) is 14.7. The summed E-state index contributed by atoms with van der Waals surface area (Å²) in [7, 11) is 0. The van der Waals surface area contributed by atoms with Crippen molar-refractivity contribution in [3.05, 3.63) is 54.6 Å². The average Bonchev–Trinajstić information content (AvgIpc) is 2.89. The molecule has 0 bridgehead atoms. The van der Waals surface area contributed by atoms with Crippen LogP contribution in [0.5, 0.6) is 0 Å². The zero-order chi connectivity index (χ0) is 15.4. The smallest absolute Gasteiger partial charge is 0.304 e. The number of thiazole rings is 1. The molecule has 0 aliphatic rings. The number of nitro groups is 1. The first-order valence-corrected chi connectivity index (χ1v) is 6.59. The third-order valence-electron chi connectivity index (χ3n) is 2.62. The van der Waals surface area contributed by atoms with E-state index in [4.69, 9.17) is 5.84 Å². The van der Waals surface area contributed by atoms with Crippen LogP contribution in [0.2, 0.25) is 0 Å². The standard InChI is InChI=1S/C11H11N5O4S/c12-15-8-2-1-6(3-9(8)16(19)20)10(17)13-4-7-5-21-11(18)14-7/h1-3,5,15H,4,12H2,(H,13,17)(H,14,18). The molecule has 2 aromatic rings. The highest BCUT2D eigenvalue weighted by Gasteiger charge is 2.16. The number of nitrogens with two attached hydrogens (primary N) is 1. The van der Waals surface area contributed by atoms with E-state index in [-0.39, 0.29) is 28.4 Å². The van der Waals surface area contributed by atoms with Crippen LogP contribution >= 0.6 is 11.3 Å². The van der Waals surface area contributed by atoms with Gasteiger partial charge in [-0.15, -0.1) is 0 Å².